The SMILES string of the molecule is CCN(CC)c1ncc(CNC(C)C(OC)OC)s1. The quantitative estimate of drug-likeness (QED) is 0.705. The Balaban J connectivity index is 2.50. The van der Waals surface area contributed by atoms with Crippen molar-refractivity contribution >= 4 is 16.5 Å². The molecule has 0 fully saturated rings. The van der Waals surface area contributed by atoms with Gasteiger partial charge in [0, 0.05) is 44.9 Å². The molecule has 0 aromatic carbocycles. The van der Waals surface area contributed by atoms with E-state index in [9.17, 15) is 0 Å². The number of aromatic nitrogens is 1. The second kappa shape index (κ2) is 8.47. The summed E-state index contributed by atoms with van der Waals surface area (Å²) in [6.07, 6.45) is 1.71. The molecule has 19 heavy (non-hydrogen) atoms. The topological polar surface area (TPSA) is 46.6 Å². The number of hydrogen-bond donors (Lipinski definition) is 1. The second-order valence-corrected chi connectivity index (χ2v) is 5.38. The standard InChI is InChI=1S/C13H25N3O2S/c1-6-16(7-2)13-15-9-11(19-13)8-14-10(3)12(17-4)18-5/h9-10,12,14H,6-8H2,1-5H3. The van der Waals surface area contributed by atoms with Crippen molar-refractivity contribution in [3.05, 3.63) is 11.1 Å². The van der Waals surface area contributed by atoms with Crippen LogP contribution in [0.25, 0.3) is 0 Å². The molecule has 0 amide bonds. The Morgan fingerprint density at radius 2 is 1.95 bits per heavy atom. The molecule has 1 unspecified atom stereocenters. The van der Waals surface area contributed by atoms with E-state index in [2.05, 4.69) is 29.0 Å². The van der Waals surface area contributed by atoms with Gasteiger partial charge >= 0.3 is 0 Å². The van der Waals surface area contributed by atoms with Crippen molar-refractivity contribution in [2.75, 3.05) is 32.2 Å². The predicted octanol–water partition coefficient (Wildman–Crippen LogP) is 2.09. The molecule has 110 valence electrons. The fourth-order valence-electron chi connectivity index (χ4n) is 1.88. The highest BCUT2D eigenvalue weighted by molar-refractivity contribution is 7.15. The van der Waals surface area contributed by atoms with Gasteiger partial charge in [0.05, 0.1) is 6.04 Å². The lowest BCUT2D eigenvalue weighted by atomic mass is 10.3. The van der Waals surface area contributed by atoms with Gasteiger partial charge < -0.3 is 19.7 Å². The van der Waals surface area contributed by atoms with Gasteiger partial charge in [-0.25, -0.2) is 4.98 Å². The lowest BCUT2D eigenvalue weighted by molar-refractivity contribution is -0.119. The number of thiazole rings is 1. The highest BCUT2D eigenvalue weighted by Crippen LogP contribution is 2.22. The van der Waals surface area contributed by atoms with E-state index in [1.54, 1.807) is 25.6 Å². The number of methoxy groups -OCH3 is 2. The van der Waals surface area contributed by atoms with Gasteiger partial charge in [0.1, 0.15) is 0 Å². The largest absolute Gasteiger partial charge is 0.354 e. The average Bonchev–Trinajstić information content (AvgIpc) is 2.88. The lowest BCUT2D eigenvalue weighted by Gasteiger charge is -2.21. The summed E-state index contributed by atoms with van der Waals surface area (Å²) >= 11 is 1.73. The fourth-order valence-corrected chi connectivity index (χ4v) is 2.87. The van der Waals surface area contributed by atoms with E-state index in [-0.39, 0.29) is 12.3 Å². The predicted molar refractivity (Wildman–Crippen MR) is 79.8 cm³/mol. The lowest BCUT2D eigenvalue weighted by Crippen LogP contribution is -2.39. The molecule has 0 radical (unpaired) electrons. The molecule has 0 aliphatic rings. The van der Waals surface area contributed by atoms with Crippen LogP contribution in [0.15, 0.2) is 6.20 Å². The third kappa shape index (κ3) is 4.72. The van der Waals surface area contributed by atoms with Gasteiger partial charge in [-0.05, 0) is 20.8 Å². The molecule has 1 atom stereocenters. The zero-order valence-corrected chi connectivity index (χ0v) is 13.3. The van der Waals surface area contributed by atoms with E-state index in [4.69, 9.17) is 9.47 Å². The molecule has 1 rings (SSSR count). The summed E-state index contributed by atoms with van der Waals surface area (Å²) in [7, 11) is 3.30. The number of anilines is 1. The van der Waals surface area contributed by atoms with Crippen molar-refractivity contribution in [1.29, 1.82) is 0 Å². The highest BCUT2D eigenvalue weighted by atomic mass is 32.1. The number of nitrogens with one attached hydrogen (secondary N) is 1. The third-order valence-electron chi connectivity index (χ3n) is 3.05. The van der Waals surface area contributed by atoms with Crippen molar-refractivity contribution in [2.24, 2.45) is 0 Å². The molecule has 0 saturated heterocycles. The number of ether oxygens (including phenoxy) is 2. The van der Waals surface area contributed by atoms with E-state index in [0.29, 0.717) is 0 Å². The molecule has 0 spiro atoms. The Labute approximate surface area is 119 Å². The maximum atomic E-state index is 5.22. The summed E-state index contributed by atoms with van der Waals surface area (Å²) in [5.74, 6) is 0. The van der Waals surface area contributed by atoms with Crippen LogP contribution in [-0.4, -0.2) is 44.6 Å². The first-order valence-corrected chi connectivity index (χ1v) is 7.46. The van der Waals surface area contributed by atoms with Crippen molar-refractivity contribution < 1.29 is 9.47 Å². The van der Waals surface area contributed by atoms with Crippen LogP contribution in [0, 0.1) is 0 Å². The minimum atomic E-state index is -0.227. The number of hydrogen-bond acceptors (Lipinski definition) is 6. The second-order valence-electron chi connectivity index (χ2n) is 4.29. The average molecular weight is 287 g/mol. The van der Waals surface area contributed by atoms with Crippen LogP contribution in [0.1, 0.15) is 25.6 Å². The van der Waals surface area contributed by atoms with Crippen molar-refractivity contribution in [3.63, 3.8) is 0 Å². The molecule has 1 N–H and O–H groups in total. The maximum Gasteiger partial charge on any atom is 0.185 e. The monoisotopic (exact) mass is 287 g/mol. The van der Waals surface area contributed by atoms with Gasteiger partial charge in [0.15, 0.2) is 11.4 Å². The van der Waals surface area contributed by atoms with Gasteiger partial charge in [0.2, 0.25) is 0 Å². The first-order valence-electron chi connectivity index (χ1n) is 6.64. The van der Waals surface area contributed by atoms with E-state index in [0.717, 1.165) is 24.8 Å². The summed E-state index contributed by atoms with van der Waals surface area (Å²) in [6, 6.07) is 0.133. The van der Waals surface area contributed by atoms with E-state index < -0.39 is 0 Å². The summed E-state index contributed by atoms with van der Waals surface area (Å²) in [5, 5.41) is 4.48. The van der Waals surface area contributed by atoms with Crippen LogP contribution < -0.4 is 10.2 Å². The Kier molecular flexibility index (Phi) is 7.30. The van der Waals surface area contributed by atoms with Crippen molar-refractivity contribution in [3.8, 4) is 0 Å². The zero-order valence-electron chi connectivity index (χ0n) is 12.5. The van der Waals surface area contributed by atoms with E-state index in [1.807, 2.05) is 13.1 Å². The Morgan fingerprint density at radius 3 is 2.47 bits per heavy atom. The summed E-state index contributed by atoms with van der Waals surface area (Å²) in [5.41, 5.74) is 0. The Bertz CT molecular complexity index is 351. The van der Waals surface area contributed by atoms with Crippen molar-refractivity contribution in [1.82, 2.24) is 10.3 Å². The smallest absolute Gasteiger partial charge is 0.185 e. The molecule has 0 saturated carbocycles. The molecular formula is C13H25N3O2S. The Hall–Kier alpha value is -0.690. The van der Waals surface area contributed by atoms with Crippen LogP contribution in [0.4, 0.5) is 5.13 Å². The number of rotatable bonds is 9. The molecule has 0 bridgehead atoms. The molecule has 0 aliphatic carbocycles. The molecule has 1 aromatic heterocycles. The molecule has 1 heterocycles. The van der Waals surface area contributed by atoms with Crippen LogP contribution in [-0.2, 0) is 16.0 Å². The van der Waals surface area contributed by atoms with Crippen molar-refractivity contribution in [2.45, 2.75) is 39.6 Å². The third-order valence-corrected chi connectivity index (χ3v) is 4.10. The summed E-state index contributed by atoms with van der Waals surface area (Å²) < 4.78 is 10.4. The van der Waals surface area contributed by atoms with Crippen LogP contribution >= 0.6 is 11.3 Å². The molecule has 6 heteroatoms. The fraction of sp³-hybridized carbons (Fsp3) is 0.769. The number of nitrogens with zero attached hydrogens (tertiary/aromatic N) is 2. The normalized spacial score (nSPS) is 12.9. The molecular weight excluding hydrogens is 262 g/mol. The van der Waals surface area contributed by atoms with Gasteiger partial charge in [-0.1, -0.05) is 0 Å². The minimum absolute atomic E-state index is 0.133. The Morgan fingerprint density at radius 1 is 1.32 bits per heavy atom. The van der Waals surface area contributed by atoms with Crippen LogP contribution in [0.3, 0.4) is 0 Å². The highest BCUT2D eigenvalue weighted by Gasteiger charge is 2.15. The van der Waals surface area contributed by atoms with Gasteiger partial charge in [-0.3, -0.25) is 0 Å². The molecule has 0 aliphatic heterocycles. The molecule has 1 aromatic rings. The first-order chi connectivity index (χ1) is 9.15. The summed E-state index contributed by atoms with van der Waals surface area (Å²) in [6.45, 7) is 9.10. The zero-order chi connectivity index (χ0) is 14.3. The van der Waals surface area contributed by atoms with Crippen LogP contribution in [0.2, 0.25) is 0 Å². The van der Waals surface area contributed by atoms with Gasteiger partial charge in [-0.2, -0.15) is 0 Å². The van der Waals surface area contributed by atoms with E-state index in [1.165, 1.54) is 4.88 Å². The van der Waals surface area contributed by atoms with Gasteiger partial charge in [-0.15, -0.1) is 11.3 Å². The first kappa shape index (κ1) is 16.4. The summed E-state index contributed by atoms with van der Waals surface area (Å²) in [4.78, 5) is 7.94. The van der Waals surface area contributed by atoms with E-state index >= 15 is 0 Å². The minimum Gasteiger partial charge on any atom is -0.354 e. The van der Waals surface area contributed by atoms with Gasteiger partial charge in [0.25, 0.3) is 0 Å². The maximum absolute atomic E-state index is 5.22. The molecule has 5 nitrogen and oxygen atoms in total. The van der Waals surface area contributed by atoms with Crippen LogP contribution in [0.5, 0.6) is 0 Å².